The Balaban J connectivity index is 2.85. The van der Waals surface area contributed by atoms with Crippen LogP contribution in [0.25, 0.3) is 5.69 Å². The Kier molecular flexibility index (Phi) is 4.11. The van der Waals surface area contributed by atoms with Crippen molar-refractivity contribution in [2.75, 3.05) is 19.0 Å². The van der Waals surface area contributed by atoms with Gasteiger partial charge in [0.2, 0.25) is 0 Å². The highest BCUT2D eigenvalue weighted by Gasteiger charge is 2.30. The number of rotatable bonds is 4. The molecule has 1 heterocycles. The number of pyridine rings is 1. The van der Waals surface area contributed by atoms with Crippen molar-refractivity contribution in [1.82, 2.24) is 0 Å². The number of anilines is 1. The van der Waals surface area contributed by atoms with E-state index in [0.717, 1.165) is 6.07 Å². The number of nitro groups is 1. The van der Waals surface area contributed by atoms with E-state index in [-0.39, 0.29) is 11.4 Å². The highest BCUT2D eigenvalue weighted by atomic mass is 32.2. The summed E-state index contributed by atoms with van der Waals surface area (Å²) in [6.07, 6.45) is 3.21. The van der Waals surface area contributed by atoms with Gasteiger partial charge in [-0.1, -0.05) is 6.07 Å². The highest BCUT2D eigenvalue weighted by molar-refractivity contribution is 7.86. The lowest BCUT2D eigenvalue weighted by Crippen LogP contribution is -2.31. The predicted octanol–water partition coefficient (Wildman–Crippen LogP) is 1.18. The van der Waals surface area contributed by atoms with Crippen molar-refractivity contribution in [2.45, 2.75) is 4.90 Å². The van der Waals surface area contributed by atoms with Crippen molar-refractivity contribution in [3.63, 3.8) is 0 Å². The fraction of sp³-hybridized carbons (Fsp3) is 0.154. The molecule has 2 aromatic rings. The smallest absolute Gasteiger partial charge is 0.341 e. The molecule has 0 saturated carbocycles. The molecule has 0 bridgehead atoms. The summed E-state index contributed by atoms with van der Waals surface area (Å²) in [5.74, 6) is 0. The molecule has 0 aliphatic heterocycles. The van der Waals surface area contributed by atoms with Crippen molar-refractivity contribution in [1.29, 1.82) is 0 Å². The second kappa shape index (κ2) is 5.70. The second-order valence-electron chi connectivity index (χ2n) is 4.72. The lowest BCUT2D eigenvalue weighted by atomic mass is 10.2. The molecule has 116 valence electrons. The van der Waals surface area contributed by atoms with Crippen LogP contribution in [0.2, 0.25) is 0 Å². The monoisotopic (exact) mass is 324 g/mol. The zero-order valence-corrected chi connectivity index (χ0v) is 12.7. The van der Waals surface area contributed by atoms with Crippen LogP contribution in [-0.4, -0.2) is 32.0 Å². The molecule has 0 unspecified atom stereocenters. The van der Waals surface area contributed by atoms with Crippen LogP contribution in [0, 0.1) is 10.1 Å². The minimum absolute atomic E-state index is 0.152. The molecule has 1 aromatic carbocycles. The first-order valence-corrected chi connectivity index (χ1v) is 7.59. The SMILES string of the molecule is CN(C)c1cc(-[n+]2ccccc2)c([N+](=O)[O-])cc1S(=O)(=O)O. The van der Waals surface area contributed by atoms with Crippen molar-refractivity contribution in [3.05, 3.63) is 52.8 Å². The van der Waals surface area contributed by atoms with E-state index in [2.05, 4.69) is 0 Å². The predicted molar refractivity (Wildman–Crippen MR) is 78.8 cm³/mol. The summed E-state index contributed by atoms with van der Waals surface area (Å²) in [6.45, 7) is 0. The van der Waals surface area contributed by atoms with Gasteiger partial charge in [0, 0.05) is 38.4 Å². The molecule has 0 spiro atoms. The second-order valence-corrected chi connectivity index (χ2v) is 6.11. The van der Waals surface area contributed by atoms with Crippen LogP contribution >= 0.6 is 0 Å². The third kappa shape index (κ3) is 3.05. The zero-order valence-electron chi connectivity index (χ0n) is 11.9. The van der Waals surface area contributed by atoms with Crippen LogP contribution in [0.1, 0.15) is 0 Å². The van der Waals surface area contributed by atoms with Gasteiger partial charge in [-0.3, -0.25) is 14.7 Å². The van der Waals surface area contributed by atoms with Gasteiger partial charge in [0.25, 0.3) is 15.8 Å². The molecule has 22 heavy (non-hydrogen) atoms. The number of nitro benzene ring substituents is 1. The van der Waals surface area contributed by atoms with Gasteiger partial charge in [-0.05, 0) is 0 Å². The van der Waals surface area contributed by atoms with Crippen LogP contribution in [0.4, 0.5) is 11.4 Å². The van der Waals surface area contributed by atoms with E-state index in [1.807, 2.05) is 0 Å². The first-order valence-electron chi connectivity index (χ1n) is 6.15. The molecule has 8 nitrogen and oxygen atoms in total. The normalized spacial score (nSPS) is 11.2. The van der Waals surface area contributed by atoms with Crippen LogP contribution in [-0.2, 0) is 10.1 Å². The molecule has 0 amide bonds. The minimum Gasteiger partial charge on any atom is -0.376 e. The molecule has 0 aliphatic carbocycles. The summed E-state index contributed by atoms with van der Waals surface area (Å²) < 4.78 is 33.8. The van der Waals surface area contributed by atoms with Gasteiger partial charge in [0.05, 0.1) is 10.6 Å². The fourth-order valence-corrected chi connectivity index (χ4v) is 2.78. The molecule has 1 N–H and O–H groups in total. The fourth-order valence-electron chi connectivity index (χ4n) is 2.02. The summed E-state index contributed by atoms with van der Waals surface area (Å²) in [7, 11) is -1.43. The van der Waals surface area contributed by atoms with Gasteiger partial charge in [-0.15, -0.1) is 0 Å². The number of hydrogen-bond donors (Lipinski definition) is 1. The summed E-state index contributed by atoms with van der Waals surface area (Å²) in [4.78, 5) is 11.5. The van der Waals surface area contributed by atoms with Crippen LogP contribution in [0.3, 0.4) is 0 Å². The van der Waals surface area contributed by atoms with Crippen molar-refractivity contribution in [2.24, 2.45) is 0 Å². The number of aromatic nitrogens is 1. The molecule has 0 aliphatic rings. The Bertz CT molecular complexity index is 819. The van der Waals surface area contributed by atoms with E-state index in [0.29, 0.717) is 0 Å². The van der Waals surface area contributed by atoms with Crippen LogP contribution in [0.15, 0.2) is 47.6 Å². The molecule has 0 radical (unpaired) electrons. The minimum atomic E-state index is -4.59. The topological polar surface area (TPSA) is 105 Å². The van der Waals surface area contributed by atoms with Gasteiger partial charge in [-0.25, -0.2) is 0 Å². The summed E-state index contributed by atoms with van der Waals surface area (Å²) in [5, 5.41) is 11.3. The van der Waals surface area contributed by atoms with Gasteiger partial charge in [-0.2, -0.15) is 13.0 Å². The maximum absolute atomic E-state index is 11.5. The van der Waals surface area contributed by atoms with E-state index in [9.17, 15) is 23.1 Å². The van der Waals surface area contributed by atoms with Crippen molar-refractivity contribution < 1.29 is 22.5 Å². The van der Waals surface area contributed by atoms with Crippen molar-refractivity contribution in [3.8, 4) is 5.69 Å². The van der Waals surface area contributed by atoms with Gasteiger partial charge >= 0.3 is 5.69 Å². The van der Waals surface area contributed by atoms with E-state index >= 15 is 0 Å². The molecular weight excluding hydrogens is 310 g/mol. The Morgan fingerprint density at radius 2 is 1.77 bits per heavy atom. The molecule has 1 aromatic heterocycles. The van der Waals surface area contributed by atoms with Crippen LogP contribution < -0.4 is 9.47 Å². The first-order chi connectivity index (χ1) is 10.2. The average molecular weight is 324 g/mol. The van der Waals surface area contributed by atoms with E-state index in [1.54, 1.807) is 44.7 Å². The van der Waals surface area contributed by atoms with Gasteiger partial charge < -0.3 is 4.90 Å². The molecule has 0 fully saturated rings. The average Bonchev–Trinajstić information content (AvgIpc) is 2.45. The largest absolute Gasteiger partial charge is 0.376 e. The Labute approximate surface area is 127 Å². The Hall–Kier alpha value is -2.52. The third-order valence-corrected chi connectivity index (χ3v) is 3.89. The Morgan fingerprint density at radius 1 is 1.18 bits per heavy atom. The number of benzene rings is 1. The first kappa shape index (κ1) is 15.9. The molecule has 0 atom stereocenters. The van der Waals surface area contributed by atoms with E-state index in [4.69, 9.17) is 0 Å². The maximum Gasteiger partial charge on any atom is 0.341 e. The summed E-state index contributed by atoms with van der Waals surface area (Å²) >= 11 is 0. The molecule has 2 rings (SSSR count). The van der Waals surface area contributed by atoms with Gasteiger partial charge in [0.15, 0.2) is 12.4 Å². The highest BCUT2D eigenvalue weighted by Crippen LogP contribution is 2.31. The lowest BCUT2D eigenvalue weighted by Gasteiger charge is -2.15. The van der Waals surface area contributed by atoms with E-state index < -0.39 is 25.6 Å². The molecular formula is C13H14N3O5S+. The van der Waals surface area contributed by atoms with Gasteiger partial charge in [0.1, 0.15) is 4.90 Å². The van der Waals surface area contributed by atoms with Crippen LogP contribution in [0.5, 0.6) is 0 Å². The number of hydrogen-bond acceptors (Lipinski definition) is 5. The zero-order chi connectivity index (χ0) is 16.5. The molecule has 0 saturated heterocycles. The lowest BCUT2D eigenvalue weighted by molar-refractivity contribution is -0.600. The van der Waals surface area contributed by atoms with E-state index in [1.165, 1.54) is 15.5 Å². The van der Waals surface area contributed by atoms with Crippen molar-refractivity contribution >= 4 is 21.5 Å². The standard InChI is InChI=1S/C13H13N3O5S/c1-14(2)12-8-10(15-6-4-3-5-7-15)11(16(17)18)9-13(12)22(19,20)21/h3-9H,1-2H3/p+1. The molecule has 9 heteroatoms. The quantitative estimate of drug-likeness (QED) is 0.392. The number of nitrogens with zero attached hydrogens (tertiary/aromatic N) is 3. The summed E-state index contributed by atoms with van der Waals surface area (Å²) in [6, 6.07) is 7.34. The summed E-state index contributed by atoms with van der Waals surface area (Å²) in [5.41, 5.74) is -0.0735. The third-order valence-electron chi connectivity index (χ3n) is 3.01. The maximum atomic E-state index is 11.5. The Morgan fingerprint density at radius 3 is 2.23 bits per heavy atom.